The maximum atomic E-state index is 8.70. The van der Waals surface area contributed by atoms with E-state index in [1.807, 2.05) is 12.1 Å². The van der Waals surface area contributed by atoms with Gasteiger partial charge in [0.15, 0.2) is 0 Å². The van der Waals surface area contributed by atoms with Gasteiger partial charge in [0.1, 0.15) is 10.9 Å². The molecule has 0 spiro atoms. The molecule has 0 amide bonds. The lowest BCUT2D eigenvalue weighted by molar-refractivity contribution is 0.490. The minimum Gasteiger partial charge on any atom is -0.309 e. The van der Waals surface area contributed by atoms with Gasteiger partial charge in [-0.25, -0.2) is 0 Å². The molecule has 1 atom stereocenters. The predicted octanol–water partition coefficient (Wildman–Crippen LogP) is 2.90. The molecule has 0 bridgehead atoms. The first-order valence-corrected chi connectivity index (χ1v) is 6.32. The Balaban J connectivity index is 1.74. The zero-order valence-corrected chi connectivity index (χ0v) is 9.81. The number of rotatable bonds is 5. The summed E-state index contributed by atoms with van der Waals surface area (Å²) >= 11 is 1.59. The summed E-state index contributed by atoms with van der Waals surface area (Å²) in [6.45, 7) is 3.15. The molecule has 3 heteroatoms. The third-order valence-corrected chi connectivity index (χ3v) is 3.77. The average Bonchev–Trinajstić information content (AvgIpc) is 2.92. The monoisotopic (exact) mass is 220 g/mol. The molecule has 1 unspecified atom stereocenters. The standard InChI is InChI=1S/C12H16N2S/c1-9(6-10-2-3-10)14-8-12-5-4-11(7-13)15-12/h4-5,9-10,14H,2-3,6,8H2,1H3. The maximum absolute atomic E-state index is 8.70. The van der Waals surface area contributed by atoms with Crippen LogP contribution in [0.25, 0.3) is 0 Å². The van der Waals surface area contributed by atoms with E-state index in [4.69, 9.17) is 5.26 Å². The van der Waals surface area contributed by atoms with Gasteiger partial charge in [0.05, 0.1) is 0 Å². The van der Waals surface area contributed by atoms with Crippen LogP contribution in [0.2, 0.25) is 0 Å². The Morgan fingerprint density at radius 3 is 3.00 bits per heavy atom. The van der Waals surface area contributed by atoms with E-state index in [9.17, 15) is 0 Å². The summed E-state index contributed by atoms with van der Waals surface area (Å²) in [6.07, 6.45) is 4.14. The Morgan fingerprint density at radius 1 is 1.60 bits per heavy atom. The highest BCUT2D eigenvalue weighted by molar-refractivity contribution is 7.12. The van der Waals surface area contributed by atoms with Crippen molar-refractivity contribution in [3.8, 4) is 6.07 Å². The Kier molecular flexibility index (Phi) is 3.40. The third kappa shape index (κ3) is 3.33. The molecule has 1 aromatic heterocycles. The summed E-state index contributed by atoms with van der Waals surface area (Å²) in [6, 6.07) is 6.71. The predicted molar refractivity (Wildman–Crippen MR) is 62.7 cm³/mol. The van der Waals surface area contributed by atoms with E-state index in [1.54, 1.807) is 11.3 Å². The van der Waals surface area contributed by atoms with E-state index >= 15 is 0 Å². The van der Waals surface area contributed by atoms with E-state index in [0.717, 1.165) is 17.3 Å². The first-order valence-electron chi connectivity index (χ1n) is 5.50. The van der Waals surface area contributed by atoms with Crippen molar-refractivity contribution in [2.24, 2.45) is 5.92 Å². The summed E-state index contributed by atoms with van der Waals surface area (Å²) in [7, 11) is 0. The van der Waals surface area contributed by atoms with E-state index in [0.29, 0.717) is 6.04 Å². The first kappa shape index (κ1) is 10.7. The zero-order chi connectivity index (χ0) is 10.7. The lowest BCUT2D eigenvalue weighted by Crippen LogP contribution is -2.25. The topological polar surface area (TPSA) is 35.8 Å². The van der Waals surface area contributed by atoms with E-state index in [2.05, 4.69) is 18.3 Å². The molecule has 1 aromatic rings. The van der Waals surface area contributed by atoms with Gasteiger partial charge in [0, 0.05) is 17.5 Å². The minimum absolute atomic E-state index is 0.602. The van der Waals surface area contributed by atoms with Gasteiger partial charge in [-0.1, -0.05) is 12.8 Å². The lowest BCUT2D eigenvalue weighted by Gasteiger charge is -2.11. The van der Waals surface area contributed by atoms with Gasteiger partial charge in [-0.3, -0.25) is 0 Å². The van der Waals surface area contributed by atoms with Crippen LogP contribution in [0.15, 0.2) is 12.1 Å². The fourth-order valence-electron chi connectivity index (χ4n) is 1.74. The van der Waals surface area contributed by atoms with Gasteiger partial charge < -0.3 is 5.32 Å². The Bertz CT molecular complexity index is 360. The number of hydrogen-bond acceptors (Lipinski definition) is 3. The van der Waals surface area contributed by atoms with Gasteiger partial charge in [0.25, 0.3) is 0 Å². The van der Waals surface area contributed by atoms with Crippen molar-refractivity contribution in [3.63, 3.8) is 0 Å². The minimum atomic E-state index is 0.602. The first-order chi connectivity index (χ1) is 7.28. The summed E-state index contributed by atoms with van der Waals surface area (Å²) in [4.78, 5) is 2.07. The Labute approximate surface area is 94.9 Å². The SMILES string of the molecule is CC(CC1CC1)NCc1ccc(C#N)s1. The van der Waals surface area contributed by atoms with Crippen molar-refractivity contribution in [3.05, 3.63) is 21.9 Å². The van der Waals surface area contributed by atoms with E-state index in [-0.39, 0.29) is 0 Å². The lowest BCUT2D eigenvalue weighted by atomic mass is 10.1. The van der Waals surface area contributed by atoms with E-state index in [1.165, 1.54) is 24.1 Å². The molecule has 0 aromatic carbocycles. The summed E-state index contributed by atoms with van der Waals surface area (Å²) in [5, 5.41) is 12.2. The molecule has 1 aliphatic rings. The smallest absolute Gasteiger partial charge is 0.110 e. The third-order valence-electron chi connectivity index (χ3n) is 2.78. The van der Waals surface area contributed by atoms with Crippen molar-refractivity contribution >= 4 is 11.3 Å². The van der Waals surface area contributed by atoms with Crippen LogP contribution in [0, 0.1) is 17.2 Å². The number of thiophene rings is 1. The molecule has 0 radical (unpaired) electrons. The summed E-state index contributed by atoms with van der Waals surface area (Å²) in [5.41, 5.74) is 0. The summed E-state index contributed by atoms with van der Waals surface area (Å²) < 4.78 is 0. The fraction of sp³-hybridized carbons (Fsp3) is 0.583. The molecule has 1 aliphatic carbocycles. The van der Waals surface area contributed by atoms with Crippen LogP contribution < -0.4 is 5.32 Å². The molecule has 0 aliphatic heterocycles. The molecule has 1 fully saturated rings. The molecular formula is C12H16N2S. The Hall–Kier alpha value is -0.850. The molecule has 15 heavy (non-hydrogen) atoms. The van der Waals surface area contributed by atoms with Gasteiger partial charge in [-0.2, -0.15) is 5.26 Å². The molecule has 2 rings (SSSR count). The molecule has 0 saturated heterocycles. The molecule has 2 nitrogen and oxygen atoms in total. The van der Waals surface area contributed by atoms with Crippen molar-refractivity contribution < 1.29 is 0 Å². The van der Waals surface area contributed by atoms with Gasteiger partial charge in [-0.05, 0) is 31.4 Å². The highest BCUT2D eigenvalue weighted by atomic mass is 32.1. The highest BCUT2D eigenvalue weighted by Crippen LogP contribution is 2.33. The Morgan fingerprint density at radius 2 is 2.40 bits per heavy atom. The van der Waals surface area contributed by atoms with Crippen molar-refractivity contribution in [1.82, 2.24) is 5.32 Å². The number of hydrogen-bond donors (Lipinski definition) is 1. The molecule has 80 valence electrons. The second-order valence-electron chi connectivity index (χ2n) is 4.34. The van der Waals surface area contributed by atoms with Crippen LogP contribution in [-0.2, 0) is 6.54 Å². The fourth-order valence-corrected chi connectivity index (χ4v) is 2.50. The highest BCUT2D eigenvalue weighted by Gasteiger charge is 2.23. The van der Waals surface area contributed by atoms with Crippen LogP contribution in [-0.4, -0.2) is 6.04 Å². The van der Waals surface area contributed by atoms with E-state index < -0.39 is 0 Å². The molecule has 1 saturated carbocycles. The van der Waals surface area contributed by atoms with Crippen LogP contribution in [0.3, 0.4) is 0 Å². The van der Waals surface area contributed by atoms with Crippen LogP contribution in [0.4, 0.5) is 0 Å². The average molecular weight is 220 g/mol. The van der Waals surface area contributed by atoms with Gasteiger partial charge in [-0.15, -0.1) is 11.3 Å². The van der Waals surface area contributed by atoms with Crippen molar-refractivity contribution in [2.75, 3.05) is 0 Å². The molecule has 1 heterocycles. The molecule has 1 N–H and O–H groups in total. The van der Waals surface area contributed by atoms with Crippen molar-refractivity contribution in [2.45, 2.75) is 38.8 Å². The normalized spacial score (nSPS) is 17.3. The quantitative estimate of drug-likeness (QED) is 0.828. The summed E-state index contributed by atoms with van der Waals surface area (Å²) in [5.74, 6) is 0.977. The van der Waals surface area contributed by atoms with Gasteiger partial charge >= 0.3 is 0 Å². The van der Waals surface area contributed by atoms with Crippen LogP contribution in [0.5, 0.6) is 0 Å². The van der Waals surface area contributed by atoms with Crippen LogP contribution in [0.1, 0.15) is 35.9 Å². The number of nitrogens with one attached hydrogen (secondary N) is 1. The van der Waals surface area contributed by atoms with Crippen molar-refractivity contribution in [1.29, 1.82) is 5.26 Å². The molecular weight excluding hydrogens is 204 g/mol. The second kappa shape index (κ2) is 4.78. The number of nitrogens with zero attached hydrogens (tertiary/aromatic N) is 1. The van der Waals surface area contributed by atoms with Gasteiger partial charge in [0.2, 0.25) is 0 Å². The largest absolute Gasteiger partial charge is 0.309 e. The number of nitriles is 1. The van der Waals surface area contributed by atoms with Crippen LogP contribution >= 0.6 is 11.3 Å². The second-order valence-corrected chi connectivity index (χ2v) is 5.51. The zero-order valence-electron chi connectivity index (χ0n) is 8.99. The maximum Gasteiger partial charge on any atom is 0.110 e.